The molecule has 0 radical (unpaired) electrons. The summed E-state index contributed by atoms with van der Waals surface area (Å²) in [5.41, 5.74) is 7.58. The number of fused-ring (bicyclic) bond motifs is 1. The predicted octanol–water partition coefficient (Wildman–Crippen LogP) is 2.41. The van der Waals surface area contributed by atoms with Crippen molar-refractivity contribution in [3.05, 3.63) is 24.4 Å². The maximum absolute atomic E-state index is 5.64. The van der Waals surface area contributed by atoms with E-state index in [1.165, 1.54) is 0 Å². The second kappa shape index (κ2) is 3.18. The van der Waals surface area contributed by atoms with Crippen LogP contribution in [0.15, 0.2) is 24.4 Å². The van der Waals surface area contributed by atoms with Crippen LogP contribution in [0, 0.1) is 0 Å². The molecule has 0 saturated heterocycles. The fraction of sp³-hybridized carbons (Fsp3) is 0. The van der Waals surface area contributed by atoms with Crippen molar-refractivity contribution in [1.29, 1.82) is 0 Å². The van der Waals surface area contributed by atoms with Crippen LogP contribution < -0.4 is 5.73 Å². The molecule has 2 N–H and O–H groups in total. The van der Waals surface area contributed by atoms with Crippen LogP contribution in [0.5, 0.6) is 0 Å². The lowest BCUT2D eigenvalue weighted by Gasteiger charge is -1.96. The molecule has 2 aromatic rings. The highest BCUT2D eigenvalue weighted by atomic mass is 127. The second-order valence-corrected chi connectivity index (χ2v) is 4.50. The Morgan fingerprint density at radius 2 is 2.33 bits per heavy atom. The molecule has 0 fully saturated rings. The van der Waals surface area contributed by atoms with Gasteiger partial charge in [-0.15, -0.1) is 0 Å². The third-order valence-corrected chi connectivity index (χ3v) is 3.56. The van der Waals surface area contributed by atoms with E-state index >= 15 is 0 Å². The zero-order valence-corrected chi connectivity index (χ0v) is 9.32. The van der Waals surface area contributed by atoms with E-state index in [0.717, 1.165) is 16.6 Å². The number of hydrogen-bond acceptors (Lipinski definition) is 2. The van der Waals surface area contributed by atoms with E-state index < -0.39 is 0 Å². The Morgan fingerprint density at radius 1 is 1.50 bits per heavy atom. The fourth-order valence-corrected chi connectivity index (χ4v) is 2.67. The standard InChI is InChI=1S/C7H7IN3P/c8-12-11-7-2-1-6(9)3-5(7)4-10-11/h1-4,12H,9H2. The van der Waals surface area contributed by atoms with Crippen LogP contribution in [-0.4, -0.2) is 9.55 Å². The van der Waals surface area contributed by atoms with E-state index in [9.17, 15) is 0 Å². The monoisotopic (exact) mass is 291 g/mol. The van der Waals surface area contributed by atoms with Crippen LogP contribution >= 0.6 is 28.4 Å². The lowest BCUT2D eigenvalue weighted by molar-refractivity contribution is 1.04. The number of halogens is 1. The van der Waals surface area contributed by atoms with Crippen molar-refractivity contribution in [2.45, 2.75) is 0 Å². The summed E-state index contributed by atoms with van der Waals surface area (Å²) < 4.78 is 1.97. The van der Waals surface area contributed by atoms with Crippen molar-refractivity contribution in [2.24, 2.45) is 0 Å². The molecular weight excluding hydrogens is 284 g/mol. The van der Waals surface area contributed by atoms with Crippen molar-refractivity contribution in [2.75, 3.05) is 5.73 Å². The van der Waals surface area contributed by atoms with Crippen molar-refractivity contribution in [1.82, 2.24) is 9.55 Å². The number of rotatable bonds is 1. The summed E-state index contributed by atoms with van der Waals surface area (Å²) in [6, 6.07) is 5.84. The molecule has 62 valence electrons. The minimum atomic E-state index is 0.640. The first-order valence-corrected chi connectivity index (χ1v) is 7.47. The molecule has 0 spiro atoms. The fourth-order valence-electron chi connectivity index (χ4n) is 1.12. The van der Waals surface area contributed by atoms with Gasteiger partial charge in [0.05, 0.1) is 18.1 Å². The Balaban J connectivity index is 2.73. The third-order valence-electron chi connectivity index (χ3n) is 1.67. The third kappa shape index (κ3) is 1.29. The van der Waals surface area contributed by atoms with Crippen LogP contribution in [0.1, 0.15) is 0 Å². The van der Waals surface area contributed by atoms with Gasteiger partial charge in [0, 0.05) is 11.1 Å². The number of benzene rings is 1. The van der Waals surface area contributed by atoms with Gasteiger partial charge in [0.2, 0.25) is 0 Å². The van der Waals surface area contributed by atoms with E-state index in [-0.39, 0.29) is 0 Å². The second-order valence-electron chi connectivity index (χ2n) is 2.46. The molecule has 0 aliphatic carbocycles. The van der Waals surface area contributed by atoms with E-state index in [1.807, 2.05) is 28.8 Å². The molecule has 0 aliphatic heterocycles. The Hall–Kier alpha value is -0.350. The van der Waals surface area contributed by atoms with Gasteiger partial charge in [0.15, 0.2) is 0 Å². The molecule has 0 bridgehead atoms. The summed E-state index contributed by atoms with van der Waals surface area (Å²) in [5, 5.41) is 5.33. The Bertz CT molecular complexity index is 412. The molecule has 2 rings (SSSR count). The van der Waals surface area contributed by atoms with Crippen molar-refractivity contribution in [3.63, 3.8) is 0 Å². The first-order chi connectivity index (χ1) is 5.81. The number of hydrogen-bond donors (Lipinski definition) is 1. The lowest BCUT2D eigenvalue weighted by Crippen LogP contribution is -1.84. The summed E-state index contributed by atoms with van der Waals surface area (Å²) >= 11 is 2.30. The minimum absolute atomic E-state index is 0.640. The van der Waals surface area contributed by atoms with Gasteiger partial charge in [0.25, 0.3) is 0 Å². The Kier molecular flexibility index (Phi) is 2.19. The zero-order valence-electron chi connectivity index (χ0n) is 6.16. The average molecular weight is 291 g/mol. The molecule has 0 saturated carbocycles. The summed E-state index contributed by atoms with van der Waals surface area (Å²) in [7, 11) is 0. The number of anilines is 1. The maximum atomic E-state index is 5.64. The normalized spacial score (nSPS) is 11.8. The molecule has 12 heavy (non-hydrogen) atoms. The summed E-state index contributed by atoms with van der Waals surface area (Å²) in [5.74, 6) is 0. The van der Waals surface area contributed by atoms with Crippen molar-refractivity contribution >= 4 is 45.0 Å². The number of nitrogens with two attached hydrogens (primary N) is 1. The van der Waals surface area contributed by atoms with Gasteiger partial charge in [0.1, 0.15) is 0 Å². The Labute approximate surface area is 84.6 Å². The lowest BCUT2D eigenvalue weighted by atomic mass is 10.2. The van der Waals surface area contributed by atoms with Crippen LogP contribution in [-0.2, 0) is 0 Å². The SMILES string of the molecule is Nc1ccc2c(cnn2PI)c1. The van der Waals surface area contributed by atoms with Crippen molar-refractivity contribution < 1.29 is 0 Å². The van der Waals surface area contributed by atoms with Crippen LogP contribution in [0.3, 0.4) is 0 Å². The van der Waals surface area contributed by atoms with Crippen LogP contribution in [0.2, 0.25) is 0 Å². The summed E-state index contributed by atoms with van der Waals surface area (Å²) in [6.07, 6.45) is 2.48. The van der Waals surface area contributed by atoms with Gasteiger partial charge in [-0.1, -0.05) is 0 Å². The molecule has 1 aromatic heterocycles. The average Bonchev–Trinajstić information content (AvgIpc) is 2.46. The molecule has 1 atom stereocenters. The molecule has 1 unspecified atom stereocenters. The van der Waals surface area contributed by atoms with Crippen LogP contribution in [0.25, 0.3) is 10.9 Å². The zero-order chi connectivity index (χ0) is 8.55. The molecule has 1 heterocycles. The molecule has 0 amide bonds. The van der Waals surface area contributed by atoms with Crippen LogP contribution in [0.4, 0.5) is 5.69 Å². The summed E-state index contributed by atoms with van der Waals surface area (Å²) in [4.78, 5) is 0. The van der Waals surface area contributed by atoms with Gasteiger partial charge in [-0.3, -0.25) is 0 Å². The van der Waals surface area contributed by atoms with Gasteiger partial charge in [-0.05, 0) is 40.2 Å². The highest BCUT2D eigenvalue weighted by Crippen LogP contribution is 2.28. The number of nitrogens with zero attached hydrogens (tertiary/aromatic N) is 2. The molecular formula is C7H7IN3P. The minimum Gasteiger partial charge on any atom is -0.399 e. The predicted molar refractivity (Wildman–Crippen MR) is 61.9 cm³/mol. The smallest absolute Gasteiger partial charge is 0.0730 e. The van der Waals surface area contributed by atoms with E-state index in [2.05, 4.69) is 27.1 Å². The molecule has 0 aliphatic rings. The molecule has 3 nitrogen and oxygen atoms in total. The molecule has 1 aromatic carbocycles. The van der Waals surface area contributed by atoms with Gasteiger partial charge in [-0.25, -0.2) is 4.45 Å². The quantitative estimate of drug-likeness (QED) is 0.498. The maximum Gasteiger partial charge on any atom is 0.0730 e. The number of aromatic nitrogens is 2. The van der Waals surface area contributed by atoms with Gasteiger partial charge < -0.3 is 5.73 Å². The molecule has 5 heteroatoms. The van der Waals surface area contributed by atoms with E-state index in [1.54, 1.807) is 0 Å². The van der Waals surface area contributed by atoms with E-state index in [4.69, 9.17) is 5.73 Å². The van der Waals surface area contributed by atoms with Gasteiger partial charge >= 0.3 is 0 Å². The van der Waals surface area contributed by atoms with Crippen molar-refractivity contribution in [3.8, 4) is 0 Å². The largest absolute Gasteiger partial charge is 0.399 e. The highest BCUT2D eigenvalue weighted by molar-refractivity contribution is 14.2. The van der Waals surface area contributed by atoms with Gasteiger partial charge in [-0.2, -0.15) is 5.10 Å². The summed E-state index contributed by atoms with van der Waals surface area (Å²) in [6.45, 7) is 0. The topological polar surface area (TPSA) is 43.8 Å². The first kappa shape index (κ1) is 8.26. The first-order valence-electron chi connectivity index (χ1n) is 3.41. The Morgan fingerprint density at radius 3 is 3.08 bits per heavy atom. The highest BCUT2D eigenvalue weighted by Gasteiger charge is 2.00. The van der Waals surface area contributed by atoms with E-state index in [0.29, 0.717) is 6.37 Å². The number of nitrogen functional groups attached to an aromatic ring is 1.